The normalized spacial score (nSPS) is 13.2. The highest BCUT2D eigenvalue weighted by Gasteiger charge is 2.21. The van der Waals surface area contributed by atoms with Gasteiger partial charge in [-0.05, 0) is 36.6 Å². The van der Waals surface area contributed by atoms with Crippen molar-refractivity contribution < 1.29 is 4.79 Å². The van der Waals surface area contributed by atoms with E-state index in [4.69, 9.17) is 5.73 Å². The summed E-state index contributed by atoms with van der Waals surface area (Å²) in [5.41, 5.74) is 6.94. The van der Waals surface area contributed by atoms with Crippen LogP contribution in [-0.2, 0) is 0 Å². The lowest BCUT2D eigenvalue weighted by Crippen LogP contribution is -2.41. The number of nitrogen functional groups attached to an aromatic ring is 1. The van der Waals surface area contributed by atoms with E-state index in [-0.39, 0.29) is 17.4 Å². The SMILES string of the molecule is CC(NC(=O)c1ccc(N)cc1)C(C)(C)C. The number of nitrogens with one attached hydrogen (secondary N) is 1. The molecule has 1 aromatic rings. The van der Waals surface area contributed by atoms with Crippen LogP contribution in [-0.4, -0.2) is 11.9 Å². The first-order valence-corrected chi connectivity index (χ1v) is 5.47. The molecule has 1 unspecified atom stereocenters. The molecule has 0 aromatic heterocycles. The van der Waals surface area contributed by atoms with Crippen LogP contribution in [0.25, 0.3) is 0 Å². The second-order valence-corrected chi connectivity index (χ2v) is 5.18. The van der Waals surface area contributed by atoms with Gasteiger partial charge >= 0.3 is 0 Å². The number of rotatable bonds is 2. The Hall–Kier alpha value is -1.51. The van der Waals surface area contributed by atoms with Gasteiger partial charge in [-0.15, -0.1) is 0 Å². The Kier molecular flexibility index (Phi) is 3.58. The predicted octanol–water partition coefficient (Wildman–Crippen LogP) is 2.43. The van der Waals surface area contributed by atoms with Gasteiger partial charge in [0, 0.05) is 17.3 Å². The molecule has 3 N–H and O–H groups in total. The van der Waals surface area contributed by atoms with Crippen molar-refractivity contribution in [2.75, 3.05) is 5.73 Å². The van der Waals surface area contributed by atoms with E-state index in [1.165, 1.54) is 0 Å². The number of carbonyl (C=O) groups is 1. The predicted molar refractivity (Wildman–Crippen MR) is 67.2 cm³/mol. The summed E-state index contributed by atoms with van der Waals surface area (Å²) in [5.74, 6) is -0.0533. The molecule has 0 fully saturated rings. The molecule has 3 heteroatoms. The summed E-state index contributed by atoms with van der Waals surface area (Å²) in [6, 6.07) is 7.06. The maximum Gasteiger partial charge on any atom is 0.251 e. The average Bonchev–Trinajstić information content (AvgIpc) is 2.17. The third-order valence-corrected chi connectivity index (χ3v) is 2.82. The second-order valence-electron chi connectivity index (χ2n) is 5.18. The lowest BCUT2D eigenvalue weighted by molar-refractivity contribution is 0.0910. The van der Waals surface area contributed by atoms with E-state index < -0.39 is 0 Å². The maximum atomic E-state index is 11.9. The highest BCUT2D eigenvalue weighted by Crippen LogP contribution is 2.19. The van der Waals surface area contributed by atoms with E-state index in [2.05, 4.69) is 26.1 Å². The number of nitrogens with two attached hydrogens (primary N) is 1. The number of hydrogen-bond acceptors (Lipinski definition) is 2. The first kappa shape index (κ1) is 12.6. The highest BCUT2D eigenvalue weighted by molar-refractivity contribution is 5.94. The summed E-state index contributed by atoms with van der Waals surface area (Å²) in [6.45, 7) is 8.30. The fourth-order valence-corrected chi connectivity index (χ4v) is 1.13. The Bertz CT molecular complexity index is 363. The smallest absolute Gasteiger partial charge is 0.251 e. The van der Waals surface area contributed by atoms with Crippen molar-refractivity contribution in [1.29, 1.82) is 0 Å². The molecule has 3 nitrogen and oxygen atoms in total. The number of anilines is 1. The van der Waals surface area contributed by atoms with Gasteiger partial charge in [0.25, 0.3) is 5.91 Å². The average molecular weight is 220 g/mol. The van der Waals surface area contributed by atoms with Gasteiger partial charge < -0.3 is 11.1 Å². The first-order valence-electron chi connectivity index (χ1n) is 5.47. The van der Waals surface area contributed by atoms with Gasteiger partial charge in [-0.3, -0.25) is 4.79 Å². The standard InChI is InChI=1S/C13H20N2O/c1-9(13(2,3)4)15-12(16)10-5-7-11(14)8-6-10/h5-9H,14H2,1-4H3,(H,15,16). The van der Waals surface area contributed by atoms with Crippen LogP contribution in [0.15, 0.2) is 24.3 Å². The molecule has 0 bridgehead atoms. The van der Waals surface area contributed by atoms with Crippen LogP contribution in [0.3, 0.4) is 0 Å². The Balaban J connectivity index is 2.70. The number of carbonyl (C=O) groups excluding carboxylic acids is 1. The lowest BCUT2D eigenvalue weighted by atomic mass is 9.88. The van der Waals surface area contributed by atoms with Crippen molar-refractivity contribution in [3.63, 3.8) is 0 Å². The molecule has 0 saturated heterocycles. The second kappa shape index (κ2) is 4.56. The van der Waals surface area contributed by atoms with Gasteiger partial charge in [0.1, 0.15) is 0 Å². The zero-order chi connectivity index (χ0) is 12.3. The van der Waals surface area contributed by atoms with E-state index in [1.54, 1.807) is 24.3 Å². The summed E-state index contributed by atoms with van der Waals surface area (Å²) < 4.78 is 0. The van der Waals surface area contributed by atoms with Gasteiger partial charge in [-0.25, -0.2) is 0 Å². The van der Waals surface area contributed by atoms with Crippen LogP contribution in [0.2, 0.25) is 0 Å². The molecule has 0 radical (unpaired) electrons. The quantitative estimate of drug-likeness (QED) is 0.752. The van der Waals surface area contributed by atoms with Crippen molar-refractivity contribution >= 4 is 11.6 Å². The van der Waals surface area contributed by atoms with E-state index >= 15 is 0 Å². The molecule has 0 aliphatic carbocycles. The van der Waals surface area contributed by atoms with Crippen LogP contribution in [0.4, 0.5) is 5.69 Å². The zero-order valence-corrected chi connectivity index (χ0v) is 10.4. The van der Waals surface area contributed by atoms with Crippen LogP contribution in [0, 0.1) is 5.41 Å². The molecule has 16 heavy (non-hydrogen) atoms. The maximum absolute atomic E-state index is 11.9. The number of hydrogen-bond donors (Lipinski definition) is 2. The highest BCUT2D eigenvalue weighted by atomic mass is 16.1. The van der Waals surface area contributed by atoms with Crippen molar-refractivity contribution in [2.24, 2.45) is 5.41 Å². The van der Waals surface area contributed by atoms with Crippen LogP contribution < -0.4 is 11.1 Å². The van der Waals surface area contributed by atoms with E-state index in [0.29, 0.717) is 11.3 Å². The fourth-order valence-electron chi connectivity index (χ4n) is 1.13. The van der Waals surface area contributed by atoms with Crippen LogP contribution in [0.5, 0.6) is 0 Å². The summed E-state index contributed by atoms with van der Waals surface area (Å²) in [7, 11) is 0. The van der Waals surface area contributed by atoms with Crippen LogP contribution >= 0.6 is 0 Å². The third kappa shape index (κ3) is 3.26. The summed E-state index contributed by atoms with van der Waals surface area (Å²) in [6.07, 6.45) is 0. The molecule has 1 atom stereocenters. The third-order valence-electron chi connectivity index (χ3n) is 2.82. The summed E-state index contributed by atoms with van der Waals surface area (Å²) >= 11 is 0. The van der Waals surface area contributed by atoms with E-state index in [1.807, 2.05) is 6.92 Å². The molecule has 1 amide bonds. The molecular formula is C13H20N2O. The summed E-state index contributed by atoms with van der Waals surface area (Å²) in [4.78, 5) is 11.9. The van der Waals surface area contributed by atoms with Gasteiger partial charge in [-0.2, -0.15) is 0 Å². The minimum atomic E-state index is -0.0533. The Morgan fingerprint density at radius 3 is 2.19 bits per heavy atom. The van der Waals surface area contributed by atoms with Crippen LogP contribution in [0.1, 0.15) is 38.1 Å². The van der Waals surface area contributed by atoms with E-state index in [9.17, 15) is 4.79 Å². The minimum absolute atomic E-state index is 0.0533. The van der Waals surface area contributed by atoms with Gasteiger partial charge in [0.15, 0.2) is 0 Å². The monoisotopic (exact) mass is 220 g/mol. The number of benzene rings is 1. The molecule has 1 aromatic carbocycles. The first-order chi connectivity index (χ1) is 7.30. The lowest BCUT2D eigenvalue weighted by Gasteiger charge is -2.28. The van der Waals surface area contributed by atoms with Crippen molar-refractivity contribution in [3.8, 4) is 0 Å². The van der Waals surface area contributed by atoms with Gasteiger partial charge in [-0.1, -0.05) is 20.8 Å². The molecule has 0 saturated carbocycles. The topological polar surface area (TPSA) is 55.1 Å². The fraction of sp³-hybridized carbons (Fsp3) is 0.462. The molecule has 0 aliphatic heterocycles. The molecule has 0 heterocycles. The Morgan fingerprint density at radius 1 is 1.25 bits per heavy atom. The molecule has 0 aliphatic rings. The largest absolute Gasteiger partial charge is 0.399 e. The Labute approximate surface area is 97.0 Å². The van der Waals surface area contributed by atoms with Crippen molar-refractivity contribution in [3.05, 3.63) is 29.8 Å². The van der Waals surface area contributed by atoms with Crippen molar-refractivity contribution in [1.82, 2.24) is 5.32 Å². The molecule has 88 valence electrons. The summed E-state index contributed by atoms with van der Waals surface area (Å²) in [5, 5.41) is 2.98. The minimum Gasteiger partial charge on any atom is -0.399 e. The number of amides is 1. The molecule has 0 spiro atoms. The van der Waals surface area contributed by atoms with E-state index in [0.717, 1.165) is 0 Å². The molecular weight excluding hydrogens is 200 g/mol. The van der Waals surface area contributed by atoms with Gasteiger partial charge in [0.05, 0.1) is 0 Å². The van der Waals surface area contributed by atoms with Gasteiger partial charge in [0.2, 0.25) is 0 Å². The zero-order valence-electron chi connectivity index (χ0n) is 10.4. The van der Waals surface area contributed by atoms with Crippen molar-refractivity contribution in [2.45, 2.75) is 33.7 Å². The Morgan fingerprint density at radius 2 is 1.75 bits per heavy atom. The molecule has 1 rings (SSSR count).